The minimum absolute atomic E-state index is 0.110. The summed E-state index contributed by atoms with van der Waals surface area (Å²) in [7, 11) is -9.94. The summed E-state index contributed by atoms with van der Waals surface area (Å²) in [6, 6.07) is 0. The summed E-state index contributed by atoms with van der Waals surface area (Å²) >= 11 is 0. The van der Waals surface area contributed by atoms with E-state index in [1.165, 1.54) is 353 Å². The van der Waals surface area contributed by atoms with Crippen LogP contribution < -0.4 is 0 Å². The predicted octanol–water partition coefficient (Wildman–Crippen LogP) is 29.6. The largest absolute Gasteiger partial charge is 0.472 e. The molecule has 672 valence electrons. The topological polar surface area (TPSA) is 237 Å². The Bertz CT molecular complexity index is 2120. The van der Waals surface area contributed by atoms with E-state index in [9.17, 15) is 43.2 Å². The average Bonchev–Trinajstić information content (AvgIpc) is 0.902. The molecule has 0 saturated carbocycles. The SMILES string of the molecule is CCCCCCCCCCCCCCCCCCCCCCCCC(=O)O[C@H](COC(=O)CCCCCCCCCCCCCCCCCCCCCCC)COP(=O)(O)OC[C@@H](O)COP(=O)(O)OC[C@@H](COC(=O)CCCCCCCCCCCCCCC)OC(=O)CCCCCCCCCCCCCCCCCCC. The van der Waals surface area contributed by atoms with Gasteiger partial charge in [0.05, 0.1) is 26.4 Å². The van der Waals surface area contributed by atoms with Crippen LogP contribution in [0.25, 0.3) is 0 Å². The van der Waals surface area contributed by atoms with Crippen LogP contribution in [0, 0.1) is 0 Å². The van der Waals surface area contributed by atoms with Gasteiger partial charge < -0.3 is 33.8 Å². The van der Waals surface area contributed by atoms with E-state index in [0.29, 0.717) is 25.7 Å². The van der Waals surface area contributed by atoms with Gasteiger partial charge in [0.15, 0.2) is 12.2 Å². The van der Waals surface area contributed by atoms with Gasteiger partial charge in [-0.3, -0.25) is 37.3 Å². The first-order valence-electron chi connectivity index (χ1n) is 48.8. The highest BCUT2D eigenvalue weighted by atomic mass is 31.2. The first kappa shape index (κ1) is 111. The highest BCUT2D eigenvalue weighted by Crippen LogP contribution is 2.45. The molecular weight excluding hydrogens is 1460 g/mol. The molecule has 0 aliphatic carbocycles. The lowest BCUT2D eigenvalue weighted by Gasteiger charge is -2.21. The summed E-state index contributed by atoms with van der Waals surface area (Å²) in [5.74, 6) is -2.09. The zero-order valence-corrected chi connectivity index (χ0v) is 76.2. The number of carbonyl (C=O) groups is 4. The molecule has 0 aliphatic heterocycles. The van der Waals surface area contributed by atoms with E-state index in [2.05, 4.69) is 27.7 Å². The smallest absolute Gasteiger partial charge is 0.462 e. The third kappa shape index (κ3) is 87.7. The summed E-state index contributed by atoms with van der Waals surface area (Å²) in [6.45, 7) is 5.11. The molecule has 0 aromatic carbocycles. The van der Waals surface area contributed by atoms with E-state index < -0.39 is 97.5 Å². The average molecular weight is 1650 g/mol. The molecule has 113 heavy (non-hydrogen) atoms. The van der Waals surface area contributed by atoms with Gasteiger partial charge in [-0.05, 0) is 25.7 Å². The summed E-state index contributed by atoms with van der Waals surface area (Å²) in [5.41, 5.74) is 0. The Kier molecular flexibility index (Phi) is 86.4. The van der Waals surface area contributed by atoms with Crippen molar-refractivity contribution in [2.24, 2.45) is 0 Å². The van der Waals surface area contributed by atoms with Crippen LogP contribution in [0.2, 0.25) is 0 Å². The standard InChI is InChI=1S/C94H184O17P2/c1-5-9-13-17-21-25-29-33-36-39-41-43-45-47-50-53-57-61-65-69-73-77-81-94(99)111-90(85-105-92(97)79-75-71-67-63-59-55-51-49-46-44-42-40-37-34-30-26-22-18-14-10-6-2)87-109-113(102,103)107-83-88(95)82-106-112(100,101)108-86-89(84-104-91(96)78-74-70-66-62-58-54-32-28-24-20-16-12-8-4)110-93(98)80-76-72-68-64-60-56-52-48-38-35-31-27-23-19-15-11-7-3/h88-90,95H,5-87H2,1-4H3,(H,100,101)(H,102,103)/t88-,89+,90+/m0/s1. The summed E-state index contributed by atoms with van der Waals surface area (Å²) < 4.78 is 69.2. The lowest BCUT2D eigenvalue weighted by Crippen LogP contribution is -2.30. The molecule has 0 rings (SSSR count). The van der Waals surface area contributed by atoms with Crippen LogP contribution in [-0.4, -0.2) is 96.7 Å². The zero-order chi connectivity index (χ0) is 82.4. The Balaban J connectivity index is 5.24. The number of hydrogen-bond acceptors (Lipinski definition) is 15. The number of esters is 4. The second-order valence-corrected chi connectivity index (χ2v) is 36.7. The molecule has 0 bridgehead atoms. The molecule has 0 spiro atoms. The second-order valence-electron chi connectivity index (χ2n) is 33.8. The molecule has 5 atom stereocenters. The normalized spacial score (nSPS) is 13.6. The van der Waals surface area contributed by atoms with Crippen molar-refractivity contribution in [3.8, 4) is 0 Å². The van der Waals surface area contributed by atoms with Gasteiger partial charge in [0, 0.05) is 25.7 Å². The van der Waals surface area contributed by atoms with Crippen molar-refractivity contribution in [3.05, 3.63) is 0 Å². The van der Waals surface area contributed by atoms with Crippen LogP contribution >= 0.6 is 15.6 Å². The molecule has 0 amide bonds. The summed E-state index contributed by atoms with van der Waals surface area (Å²) in [5, 5.41) is 10.7. The number of phosphoric acid groups is 2. The Labute approximate surface area is 696 Å². The molecule has 19 heteroatoms. The van der Waals surface area contributed by atoms with Crippen LogP contribution in [0.4, 0.5) is 0 Å². The van der Waals surface area contributed by atoms with Crippen molar-refractivity contribution in [2.75, 3.05) is 39.6 Å². The van der Waals surface area contributed by atoms with E-state index in [1.807, 2.05) is 0 Å². The third-order valence-corrected chi connectivity index (χ3v) is 24.3. The van der Waals surface area contributed by atoms with Gasteiger partial charge in [0.25, 0.3) is 0 Å². The minimum Gasteiger partial charge on any atom is -0.462 e. The Morgan fingerprint density at radius 2 is 0.354 bits per heavy atom. The van der Waals surface area contributed by atoms with Crippen LogP contribution in [0.3, 0.4) is 0 Å². The molecule has 0 fully saturated rings. The fraction of sp³-hybridized carbons (Fsp3) is 0.957. The summed E-state index contributed by atoms with van der Waals surface area (Å²) in [6.07, 6.45) is 86.3. The van der Waals surface area contributed by atoms with Gasteiger partial charge in [-0.25, -0.2) is 9.13 Å². The third-order valence-electron chi connectivity index (χ3n) is 22.4. The second kappa shape index (κ2) is 87.9. The molecular formula is C94H184O17P2. The fourth-order valence-electron chi connectivity index (χ4n) is 14.9. The van der Waals surface area contributed by atoms with Crippen LogP contribution in [0.1, 0.15) is 522 Å². The lowest BCUT2D eigenvalue weighted by molar-refractivity contribution is -0.161. The fourth-order valence-corrected chi connectivity index (χ4v) is 16.5. The van der Waals surface area contributed by atoms with E-state index in [-0.39, 0.29) is 25.7 Å². The molecule has 0 radical (unpaired) electrons. The van der Waals surface area contributed by atoms with E-state index >= 15 is 0 Å². The number of unbranched alkanes of at least 4 members (excludes halogenated alkanes) is 69. The molecule has 0 saturated heterocycles. The number of phosphoric ester groups is 2. The van der Waals surface area contributed by atoms with E-state index in [4.69, 9.17) is 37.0 Å². The van der Waals surface area contributed by atoms with Gasteiger partial charge in [0.1, 0.15) is 19.3 Å². The van der Waals surface area contributed by atoms with Crippen molar-refractivity contribution in [1.82, 2.24) is 0 Å². The highest BCUT2D eigenvalue weighted by molar-refractivity contribution is 7.47. The summed E-state index contributed by atoms with van der Waals surface area (Å²) in [4.78, 5) is 73.5. The highest BCUT2D eigenvalue weighted by Gasteiger charge is 2.31. The quantitative estimate of drug-likeness (QED) is 0.0222. The first-order chi connectivity index (χ1) is 55.2. The molecule has 2 unspecified atom stereocenters. The van der Waals surface area contributed by atoms with E-state index in [1.54, 1.807) is 0 Å². The van der Waals surface area contributed by atoms with Gasteiger partial charge >= 0.3 is 39.5 Å². The number of carbonyl (C=O) groups excluding carboxylic acids is 4. The number of aliphatic hydroxyl groups excluding tert-OH is 1. The molecule has 0 heterocycles. The molecule has 0 aliphatic rings. The predicted molar refractivity (Wildman–Crippen MR) is 469 cm³/mol. The maximum Gasteiger partial charge on any atom is 0.472 e. The van der Waals surface area contributed by atoms with Crippen molar-refractivity contribution in [3.63, 3.8) is 0 Å². The van der Waals surface area contributed by atoms with Crippen molar-refractivity contribution < 1.29 is 80.2 Å². The van der Waals surface area contributed by atoms with Crippen molar-refractivity contribution >= 4 is 39.5 Å². The lowest BCUT2D eigenvalue weighted by atomic mass is 10.0. The minimum atomic E-state index is -4.97. The van der Waals surface area contributed by atoms with Crippen LogP contribution in [-0.2, 0) is 65.4 Å². The first-order valence-corrected chi connectivity index (χ1v) is 51.8. The molecule has 0 aromatic heterocycles. The van der Waals surface area contributed by atoms with Gasteiger partial charge in [-0.15, -0.1) is 0 Å². The van der Waals surface area contributed by atoms with E-state index in [0.717, 1.165) is 89.9 Å². The van der Waals surface area contributed by atoms with Crippen LogP contribution in [0.15, 0.2) is 0 Å². The van der Waals surface area contributed by atoms with Gasteiger partial charge in [-0.1, -0.05) is 471 Å². The van der Waals surface area contributed by atoms with Crippen LogP contribution in [0.5, 0.6) is 0 Å². The maximum atomic E-state index is 13.2. The van der Waals surface area contributed by atoms with Crippen molar-refractivity contribution in [2.45, 2.75) is 540 Å². The number of hydrogen-bond donors (Lipinski definition) is 3. The monoisotopic (exact) mass is 1650 g/mol. The zero-order valence-electron chi connectivity index (χ0n) is 74.4. The molecule has 17 nitrogen and oxygen atoms in total. The molecule has 0 aromatic rings. The Morgan fingerprint density at radius 3 is 0.522 bits per heavy atom. The number of rotatable bonds is 95. The van der Waals surface area contributed by atoms with Crippen molar-refractivity contribution in [1.29, 1.82) is 0 Å². The Morgan fingerprint density at radius 1 is 0.212 bits per heavy atom. The number of ether oxygens (including phenoxy) is 4. The maximum absolute atomic E-state index is 13.2. The molecule has 3 N–H and O–H groups in total. The van der Waals surface area contributed by atoms with Gasteiger partial charge in [-0.2, -0.15) is 0 Å². The number of aliphatic hydroxyl groups is 1. The van der Waals surface area contributed by atoms with Gasteiger partial charge in [0.2, 0.25) is 0 Å². The Hall–Kier alpha value is -1.94.